The van der Waals surface area contributed by atoms with Crippen molar-refractivity contribution >= 4 is 23.6 Å². The molecule has 0 aliphatic heterocycles. The summed E-state index contributed by atoms with van der Waals surface area (Å²) in [7, 11) is 0. The van der Waals surface area contributed by atoms with E-state index in [-0.39, 0.29) is 0 Å². The number of nitrogens with one attached hydrogen (secondary N) is 1. The zero-order valence-electron chi connectivity index (χ0n) is 24.4. The van der Waals surface area contributed by atoms with Gasteiger partial charge >= 0.3 is 5.97 Å². The Morgan fingerprint density at radius 3 is 2.45 bits per heavy atom. The van der Waals surface area contributed by atoms with Crippen molar-refractivity contribution in [2.24, 2.45) is 5.92 Å². The smallest absolute Gasteiger partial charge is 0.326 e. The van der Waals surface area contributed by atoms with Gasteiger partial charge in [0.2, 0.25) is 0 Å². The fourth-order valence-corrected chi connectivity index (χ4v) is 6.26. The van der Waals surface area contributed by atoms with Crippen molar-refractivity contribution in [2.45, 2.75) is 64.6 Å². The van der Waals surface area contributed by atoms with Gasteiger partial charge in [-0.2, -0.15) is 11.8 Å². The van der Waals surface area contributed by atoms with E-state index in [0.717, 1.165) is 47.7 Å². The molecule has 2 N–H and O–H groups in total. The Kier molecular flexibility index (Phi) is 11.5. The number of aliphatic carboxylic acids is 1. The summed E-state index contributed by atoms with van der Waals surface area (Å²) in [5.74, 6) is -1.50. The molecule has 8 heteroatoms. The third-order valence-electron chi connectivity index (χ3n) is 8.03. The normalized spacial score (nSPS) is 14.6. The molecule has 5 nitrogen and oxygen atoms in total. The van der Waals surface area contributed by atoms with Crippen molar-refractivity contribution < 1.29 is 23.5 Å². The standard InChI is InChI=1S/C34H40F2N2O3S/c1-23-8-6-7-11-28(23)30-18-25(12-15-29(30)33(39)37-32(34(40)41)16-17-42-2)21-38(20-24-9-4-3-5-10-24)22-26-13-14-27(35)19-31(26)36/h6-8,11-15,18-19,24,32H,3-5,9-10,16-17,20-22H2,1-2H3,(H,37,39)(H,40,41). The van der Waals surface area contributed by atoms with Gasteiger partial charge in [0.05, 0.1) is 0 Å². The third-order valence-corrected chi connectivity index (χ3v) is 8.68. The van der Waals surface area contributed by atoms with E-state index in [1.807, 2.05) is 49.6 Å². The summed E-state index contributed by atoms with van der Waals surface area (Å²) in [6.45, 7) is 3.66. The fraction of sp³-hybridized carbons (Fsp3) is 0.412. The third kappa shape index (κ3) is 8.65. The predicted octanol–water partition coefficient (Wildman–Crippen LogP) is 7.46. The first-order valence-corrected chi connectivity index (χ1v) is 16.0. The molecule has 0 saturated heterocycles. The van der Waals surface area contributed by atoms with Crippen LogP contribution < -0.4 is 5.32 Å². The van der Waals surface area contributed by atoms with Crippen LogP contribution in [-0.2, 0) is 17.9 Å². The van der Waals surface area contributed by atoms with E-state index < -0.39 is 29.6 Å². The molecule has 1 saturated carbocycles. The Hall–Kier alpha value is -3.23. The van der Waals surface area contributed by atoms with Crippen molar-refractivity contribution in [3.8, 4) is 11.1 Å². The molecular formula is C34H40F2N2O3S. The molecule has 1 fully saturated rings. The van der Waals surface area contributed by atoms with Gasteiger partial charge in [-0.25, -0.2) is 13.6 Å². The van der Waals surface area contributed by atoms with Crippen LogP contribution >= 0.6 is 11.8 Å². The zero-order valence-corrected chi connectivity index (χ0v) is 25.2. The van der Waals surface area contributed by atoms with Crippen LogP contribution in [0.3, 0.4) is 0 Å². The van der Waals surface area contributed by atoms with Crippen LogP contribution in [0.4, 0.5) is 8.78 Å². The minimum Gasteiger partial charge on any atom is -0.480 e. The summed E-state index contributed by atoms with van der Waals surface area (Å²) in [5.41, 5.74) is 4.43. The molecule has 42 heavy (non-hydrogen) atoms. The molecule has 0 radical (unpaired) electrons. The number of benzene rings is 3. The number of thioether (sulfide) groups is 1. The van der Waals surface area contributed by atoms with Gasteiger partial charge < -0.3 is 10.4 Å². The maximum atomic E-state index is 14.7. The molecule has 1 unspecified atom stereocenters. The van der Waals surface area contributed by atoms with Gasteiger partial charge in [0.15, 0.2) is 0 Å². The van der Waals surface area contributed by atoms with Crippen LogP contribution in [0.1, 0.15) is 65.6 Å². The number of rotatable bonds is 13. The highest BCUT2D eigenvalue weighted by atomic mass is 32.2. The Bertz CT molecular complexity index is 1380. The van der Waals surface area contributed by atoms with Gasteiger partial charge in [-0.15, -0.1) is 0 Å². The summed E-state index contributed by atoms with van der Waals surface area (Å²) < 4.78 is 28.3. The SMILES string of the molecule is CSCCC(NC(=O)c1ccc(CN(Cc2ccc(F)cc2F)CC2CCCCC2)cc1-c1ccccc1C)C(=O)O. The molecule has 0 spiro atoms. The summed E-state index contributed by atoms with van der Waals surface area (Å²) in [4.78, 5) is 27.5. The molecule has 4 rings (SSSR count). The average Bonchev–Trinajstić information content (AvgIpc) is 2.97. The number of hydrogen-bond donors (Lipinski definition) is 2. The minimum atomic E-state index is -1.06. The quantitative estimate of drug-likeness (QED) is 0.215. The van der Waals surface area contributed by atoms with Crippen LogP contribution in [0.5, 0.6) is 0 Å². The Balaban J connectivity index is 1.66. The average molecular weight is 595 g/mol. The molecule has 224 valence electrons. The van der Waals surface area contributed by atoms with Gasteiger partial charge in [0.1, 0.15) is 17.7 Å². The lowest BCUT2D eigenvalue weighted by Crippen LogP contribution is -2.41. The highest BCUT2D eigenvalue weighted by Crippen LogP contribution is 2.30. The molecule has 1 aliphatic rings. The van der Waals surface area contributed by atoms with Crippen LogP contribution in [0.2, 0.25) is 0 Å². The van der Waals surface area contributed by atoms with Crippen molar-refractivity contribution in [1.29, 1.82) is 0 Å². The van der Waals surface area contributed by atoms with Crippen molar-refractivity contribution in [3.05, 3.63) is 94.6 Å². The summed E-state index contributed by atoms with van der Waals surface area (Å²) in [6.07, 6.45) is 8.13. The molecule has 0 aromatic heterocycles. The lowest BCUT2D eigenvalue weighted by Gasteiger charge is -2.30. The molecule has 1 amide bonds. The summed E-state index contributed by atoms with van der Waals surface area (Å²) in [6, 6.07) is 16.2. The summed E-state index contributed by atoms with van der Waals surface area (Å²) >= 11 is 1.53. The number of carboxylic acids is 1. The lowest BCUT2D eigenvalue weighted by atomic mass is 9.88. The minimum absolute atomic E-state index is 0.329. The second-order valence-electron chi connectivity index (χ2n) is 11.3. The predicted molar refractivity (Wildman–Crippen MR) is 166 cm³/mol. The van der Waals surface area contributed by atoms with Crippen molar-refractivity contribution in [3.63, 3.8) is 0 Å². The second kappa shape index (κ2) is 15.3. The number of aryl methyl sites for hydroxylation is 1. The van der Waals surface area contributed by atoms with Gasteiger partial charge in [-0.05, 0) is 84.6 Å². The maximum Gasteiger partial charge on any atom is 0.326 e. The first-order chi connectivity index (χ1) is 20.2. The van der Waals surface area contributed by atoms with Crippen LogP contribution in [0.15, 0.2) is 60.7 Å². The summed E-state index contributed by atoms with van der Waals surface area (Å²) in [5, 5.41) is 12.4. The maximum absolute atomic E-state index is 14.7. The fourth-order valence-electron chi connectivity index (χ4n) is 5.78. The highest BCUT2D eigenvalue weighted by molar-refractivity contribution is 7.98. The van der Waals surface area contributed by atoms with E-state index in [9.17, 15) is 23.5 Å². The molecule has 3 aromatic rings. The van der Waals surface area contributed by atoms with E-state index in [1.165, 1.54) is 43.2 Å². The topological polar surface area (TPSA) is 69.6 Å². The number of carbonyl (C=O) groups is 2. The van der Waals surface area contributed by atoms with Crippen molar-refractivity contribution in [2.75, 3.05) is 18.6 Å². The molecule has 1 aliphatic carbocycles. The lowest BCUT2D eigenvalue weighted by molar-refractivity contribution is -0.139. The van der Waals surface area contributed by atoms with Crippen molar-refractivity contribution in [1.82, 2.24) is 10.2 Å². The first kappa shape index (κ1) is 31.7. The Labute approximate surface area is 251 Å². The monoisotopic (exact) mass is 594 g/mol. The van der Waals surface area contributed by atoms with Gasteiger partial charge in [-0.3, -0.25) is 9.69 Å². The van der Waals surface area contributed by atoms with E-state index in [2.05, 4.69) is 10.2 Å². The molecule has 0 bridgehead atoms. The number of carboxylic acid groups (broad SMARTS) is 1. The van der Waals surface area contributed by atoms with Gasteiger partial charge in [0.25, 0.3) is 5.91 Å². The van der Waals surface area contributed by atoms with E-state index in [4.69, 9.17) is 0 Å². The largest absolute Gasteiger partial charge is 0.480 e. The molecule has 0 heterocycles. The van der Waals surface area contributed by atoms with Crippen LogP contribution in [-0.4, -0.2) is 46.5 Å². The molecule has 3 aromatic carbocycles. The van der Waals surface area contributed by atoms with Gasteiger partial charge in [0, 0.05) is 36.8 Å². The second-order valence-corrected chi connectivity index (χ2v) is 12.2. The van der Waals surface area contributed by atoms with E-state index in [0.29, 0.717) is 42.3 Å². The Morgan fingerprint density at radius 2 is 1.76 bits per heavy atom. The van der Waals surface area contributed by atoms with E-state index in [1.54, 1.807) is 6.07 Å². The number of amides is 1. The number of nitrogens with zero attached hydrogens (tertiary/aromatic N) is 1. The van der Waals surface area contributed by atoms with E-state index >= 15 is 0 Å². The molecular weight excluding hydrogens is 554 g/mol. The van der Waals surface area contributed by atoms with Crippen LogP contribution in [0.25, 0.3) is 11.1 Å². The number of hydrogen-bond acceptors (Lipinski definition) is 4. The van der Waals surface area contributed by atoms with Gasteiger partial charge in [-0.1, -0.05) is 55.7 Å². The zero-order chi connectivity index (χ0) is 30.1. The highest BCUT2D eigenvalue weighted by Gasteiger charge is 2.24. The number of carbonyl (C=O) groups excluding carboxylic acids is 1. The Morgan fingerprint density at radius 1 is 1.00 bits per heavy atom. The molecule has 1 atom stereocenters. The van der Waals surface area contributed by atoms with Crippen LogP contribution in [0, 0.1) is 24.5 Å². The number of halogens is 2. The first-order valence-electron chi connectivity index (χ1n) is 14.6.